The van der Waals surface area contributed by atoms with Gasteiger partial charge in [-0.2, -0.15) is 0 Å². The average Bonchev–Trinajstić information content (AvgIpc) is 3.10. The minimum absolute atomic E-state index is 0.185. The van der Waals surface area contributed by atoms with E-state index in [-0.39, 0.29) is 17.9 Å². The molecule has 1 atom stereocenters. The SMILES string of the molecule is COc1cccc(C(=O)OCC(=O)N(Cc2ccccc2)[C@@H]2C=CS(=O)(=O)C2)c1. The van der Waals surface area contributed by atoms with Crippen LogP contribution in [-0.2, 0) is 25.9 Å². The zero-order valence-corrected chi connectivity index (χ0v) is 16.7. The maximum Gasteiger partial charge on any atom is 0.338 e. The van der Waals surface area contributed by atoms with Crippen LogP contribution in [0.5, 0.6) is 5.75 Å². The number of esters is 1. The first-order valence-corrected chi connectivity index (χ1v) is 10.6. The minimum atomic E-state index is -3.34. The second-order valence-electron chi connectivity index (χ2n) is 6.54. The quantitative estimate of drug-likeness (QED) is 0.644. The molecule has 0 bridgehead atoms. The van der Waals surface area contributed by atoms with Gasteiger partial charge in [0.15, 0.2) is 16.4 Å². The summed E-state index contributed by atoms with van der Waals surface area (Å²) in [5.74, 6) is -0.823. The van der Waals surface area contributed by atoms with Gasteiger partial charge in [-0.3, -0.25) is 4.79 Å². The molecule has 0 unspecified atom stereocenters. The highest BCUT2D eigenvalue weighted by molar-refractivity contribution is 7.94. The summed E-state index contributed by atoms with van der Waals surface area (Å²) in [6, 6.07) is 15.0. The molecule has 1 heterocycles. The lowest BCUT2D eigenvalue weighted by molar-refractivity contribution is -0.136. The van der Waals surface area contributed by atoms with E-state index in [1.807, 2.05) is 30.3 Å². The first-order valence-electron chi connectivity index (χ1n) is 8.93. The molecule has 0 N–H and O–H groups in total. The van der Waals surface area contributed by atoms with Crippen molar-refractivity contribution in [3.63, 3.8) is 0 Å². The van der Waals surface area contributed by atoms with Gasteiger partial charge in [0, 0.05) is 12.0 Å². The monoisotopic (exact) mass is 415 g/mol. The number of ether oxygens (including phenoxy) is 2. The number of carbonyl (C=O) groups excluding carboxylic acids is 2. The van der Waals surface area contributed by atoms with Crippen LogP contribution in [0.25, 0.3) is 0 Å². The zero-order valence-electron chi connectivity index (χ0n) is 15.9. The smallest absolute Gasteiger partial charge is 0.338 e. The number of hydrogen-bond acceptors (Lipinski definition) is 6. The van der Waals surface area contributed by atoms with Crippen molar-refractivity contribution in [2.45, 2.75) is 12.6 Å². The van der Waals surface area contributed by atoms with Crippen molar-refractivity contribution in [3.05, 3.63) is 77.2 Å². The van der Waals surface area contributed by atoms with E-state index in [0.717, 1.165) is 11.0 Å². The predicted molar refractivity (Wildman–Crippen MR) is 107 cm³/mol. The lowest BCUT2D eigenvalue weighted by Gasteiger charge is -2.27. The predicted octanol–water partition coefficient (Wildman–Crippen LogP) is 2.19. The van der Waals surface area contributed by atoms with E-state index in [1.54, 1.807) is 18.2 Å². The Bertz CT molecular complexity index is 1020. The first-order chi connectivity index (χ1) is 13.9. The number of carbonyl (C=O) groups is 2. The number of methoxy groups -OCH3 is 1. The van der Waals surface area contributed by atoms with Crippen LogP contribution in [0.15, 0.2) is 66.1 Å². The van der Waals surface area contributed by atoms with Crippen LogP contribution in [0.1, 0.15) is 15.9 Å². The molecule has 0 fully saturated rings. The number of amides is 1. The molecule has 7 nitrogen and oxygen atoms in total. The van der Waals surface area contributed by atoms with E-state index in [4.69, 9.17) is 9.47 Å². The van der Waals surface area contributed by atoms with Crippen molar-refractivity contribution in [1.82, 2.24) is 4.90 Å². The van der Waals surface area contributed by atoms with Crippen molar-refractivity contribution in [3.8, 4) is 5.75 Å². The molecule has 0 saturated heterocycles. The Morgan fingerprint density at radius 1 is 1.10 bits per heavy atom. The molecule has 0 radical (unpaired) electrons. The summed E-state index contributed by atoms with van der Waals surface area (Å²) in [7, 11) is -1.86. The van der Waals surface area contributed by atoms with Gasteiger partial charge < -0.3 is 14.4 Å². The van der Waals surface area contributed by atoms with Crippen LogP contribution in [0.2, 0.25) is 0 Å². The topological polar surface area (TPSA) is 90.0 Å². The summed E-state index contributed by atoms with van der Waals surface area (Å²) >= 11 is 0. The van der Waals surface area contributed by atoms with Crippen LogP contribution in [0.4, 0.5) is 0 Å². The fourth-order valence-corrected chi connectivity index (χ4v) is 4.27. The number of sulfone groups is 1. The molecule has 1 aliphatic heterocycles. The fourth-order valence-electron chi connectivity index (χ4n) is 2.97. The number of rotatable bonds is 7. The summed E-state index contributed by atoms with van der Waals surface area (Å²) in [5.41, 5.74) is 1.10. The van der Waals surface area contributed by atoms with Crippen molar-refractivity contribution in [1.29, 1.82) is 0 Å². The van der Waals surface area contributed by atoms with Crippen molar-refractivity contribution >= 4 is 21.7 Å². The number of benzene rings is 2. The molecule has 152 valence electrons. The van der Waals surface area contributed by atoms with Gasteiger partial charge in [-0.1, -0.05) is 36.4 Å². The van der Waals surface area contributed by atoms with Gasteiger partial charge in [0.1, 0.15) is 5.75 Å². The summed E-state index contributed by atoms with van der Waals surface area (Å²) in [6.45, 7) is -0.284. The highest BCUT2D eigenvalue weighted by atomic mass is 32.2. The summed E-state index contributed by atoms with van der Waals surface area (Å²) in [5, 5.41) is 1.12. The van der Waals surface area contributed by atoms with E-state index in [9.17, 15) is 18.0 Å². The molecule has 29 heavy (non-hydrogen) atoms. The Morgan fingerprint density at radius 3 is 2.52 bits per heavy atom. The average molecular weight is 415 g/mol. The Labute approximate surface area is 169 Å². The van der Waals surface area contributed by atoms with Gasteiger partial charge in [0.05, 0.1) is 24.5 Å². The minimum Gasteiger partial charge on any atom is -0.497 e. The third kappa shape index (κ3) is 5.45. The number of nitrogens with zero attached hydrogens (tertiary/aromatic N) is 1. The normalized spacial score (nSPS) is 16.9. The zero-order chi connectivity index (χ0) is 20.9. The van der Waals surface area contributed by atoms with Gasteiger partial charge in [-0.05, 0) is 29.8 Å². The summed E-state index contributed by atoms with van der Waals surface area (Å²) in [4.78, 5) is 26.5. The van der Waals surface area contributed by atoms with Gasteiger partial charge in [0.2, 0.25) is 0 Å². The lowest BCUT2D eigenvalue weighted by Crippen LogP contribution is -2.42. The highest BCUT2D eigenvalue weighted by Gasteiger charge is 2.30. The van der Waals surface area contributed by atoms with E-state index >= 15 is 0 Å². The molecule has 3 rings (SSSR count). The second kappa shape index (κ2) is 8.91. The van der Waals surface area contributed by atoms with E-state index < -0.39 is 34.4 Å². The van der Waals surface area contributed by atoms with Crippen molar-refractivity contribution in [2.24, 2.45) is 0 Å². The summed E-state index contributed by atoms with van der Waals surface area (Å²) < 4.78 is 33.9. The molecular weight excluding hydrogens is 394 g/mol. The molecule has 0 saturated carbocycles. The van der Waals surface area contributed by atoms with Gasteiger partial charge >= 0.3 is 5.97 Å². The third-order valence-electron chi connectivity index (χ3n) is 4.46. The van der Waals surface area contributed by atoms with Gasteiger partial charge in [0.25, 0.3) is 5.91 Å². The molecule has 0 aliphatic carbocycles. The molecule has 8 heteroatoms. The Hall–Kier alpha value is -3.13. The largest absolute Gasteiger partial charge is 0.497 e. The lowest BCUT2D eigenvalue weighted by atomic mass is 10.1. The first kappa shape index (κ1) is 20.6. The van der Waals surface area contributed by atoms with E-state index in [0.29, 0.717) is 5.75 Å². The number of hydrogen-bond donors (Lipinski definition) is 0. The van der Waals surface area contributed by atoms with Crippen molar-refractivity contribution < 1.29 is 27.5 Å². The van der Waals surface area contributed by atoms with Crippen LogP contribution < -0.4 is 4.74 Å². The molecule has 2 aromatic rings. The molecule has 0 spiro atoms. The van der Waals surface area contributed by atoms with Gasteiger partial charge in [-0.15, -0.1) is 0 Å². The van der Waals surface area contributed by atoms with Crippen molar-refractivity contribution in [2.75, 3.05) is 19.5 Å². The molecule has 1 aliphatic rings. The Balaban J connectivity index is 1.70. The third-order valence-corrected chi connectivity index (χ3v) is 5.84. The van der Waals surface area contributed by atoms with Crippen LogP contribution >= 0.6 is 0 Å². The van der Waals surface area contributed by atoms with Crippen LogP contribution in [0, 0.1) is 0 Å². The fraction of sp³-hybridized carbons (Fsp3) is 0.238. The Morgan fingerprint density at radius 2 is 1.86 bits per heavy atom. The Kier molecular flexibility index (Phi) is 6.33. The maximum absolute atomic E-state index is 12.8. The van der Waals surface area contributed by atoms with Gasteiger partial charge in [-0.25, -0.2) is 13.2 Å². The van der Waals surface area contributed by atoms with Crippen LogP contribution in [0.3, 0.4) is 0 Å². The maximum atomic E-state index is 12.8. The summed E-state index contributed by atoms with van der Waals surface area (Å²) in [6.07, 6.45) is 1.49. The van der Waals surface area contributed by atoms with E-state index in [2.05, 4.69) is 0 Å². The molecule has 1 amide bonds. The second-order valence-corrected chi connectivity index (χ2v) is 8.47. The van der Waals surface area contributed by atoms with Crippen LogP contribution in [-0.4, -0.2) is 50.7 Å². The molecule has 2 aromatic carbocycles. The van der Waals surface area contributed by atoms with E-state index in [1.165, 1.54) is 24.2 Å². The highest BCUT2D eigenvalue weighted by Crippen LogP contribution is 2.18. The standard InChI is InChI=1S/C21H21NO6S/c1-27-19-9-5-8-17(12-19)21(24)28-14-20(23)22(13-16-6-3-2-4-7-16)18-10-11-29(25,26)15-18/h2-12,18H,13-15H2,1H3/t18-/m1/s1. The molecule has 0 aromatic heterocycles. The molecular formula is C21H21NO6S.